The van der Waals surface area contributed by atoms with Crippen molar-refractivity contribution >= 4 is 11.8 Å². The van der Waals surface area contributed by atoms with Crippen LogP contribution >= 0.6 is 11.8 Å². The molecule has 16 heavy (non-hydrogen) atoms. The number of thioether (sulfide) groups is 1. The summed E-state index contributed by atoms with van der Waals surface area (Å²) in [6, 6.07) is 5.08. The molecule has 0 radical (unpaired) electrons. The van der Waals surface area contributed by atoms with Gasteiger partial charge in [0.25, 0.3) is 0 Å². The Morgan fingerprint density at radius 1 is 1.38 bits per heavy atom. The monoisotopic (exact) mass is 250 g/mol. The number of alkyl halides is 3. The third-order valence-electron chi connectivity index (χ3n) is 2.08. The van der Waals surface area contributed by atoms with Crippen LogP contribution in [0.1, 0.15) is 11.1 Å². The third kappa shape index (κ3) is 4.06. The fraction of sp³-hybridized carbons (Fsp3) is 0.455. The van der Waals surface area contributed by atoms with Gasteiger partial charge in [-0.3, -0.25) is 0 Å². The molecule has 0 saturated heterocycles. The van der Waals surface area contributed by atoms with Crippen molar-refractivity contribution in [1.82, 2.24) is 0 Å². The number of benzene rings is 1. The van der Waals surface area contributed by atoms with Gasteiger partial charge in [0.15, 0.2) is 0 Å². The normalized spacial score (nSPS) is 13.8. The smallest absolute Gasteiger partial charge is 0.392 e. The van der Waals surface area contributed by atoms with Crippen LogP contribution in [0.15, 0.2) is 24.3 Å². The topological polar surface area (TPSA) is 20.2 Å². The lowest BCUT2D eigenvalue weighted by Crippen LogP contribution is -2.14. The Morgan fingerprint density at radius 3 is 2.62 bits per heavy atom. The van der Waals surface area contributed by atoms with Gasteiger partial charge in [-0.15, -0.1) is 0 Å². The van der Waals surface area contributed by atoms with Crippen LogP contribution in [-0.2, 0) is 12.6 Å². The van der Waals surface area contributed by atoms with Crippen molar-refractivity contribution in [2.24, 2.45) is 0 Å². The first kappa shape index (κ1) is 13.4. The van der Waals surface area contributed by atoms with Crippen LogP contribution in [0.25, 0.3) is 0 Å². The SMILES string of the molecule is CSCC(O)Cc1cccc(C(F)(F)F)c1. The zero-order chi connectivity index (χ0) is 12.2. The molecule has 0 aliphatic rings. The van der Waals surface area contributed by atoms with Crippen LogP contribution < -0.4 is 0 Å². The van der Waals surface area contributed by atoms with Crippen LogP contribution in [0.4, 0.5) is 13.2 Å². The van der Waals surface area contributed by atoms with Crippen molar-refractivity contribution in [2.75, 3.05) is 12.0 Å². The Morgan fingerprint density at radius 2 is 2.06 bits per heavy atom. The Kier molecular flexibility index (Phi) is 4.68. The summed E-state index contributed by atoms with van der Waals surface area (Å²) in [6.45, 7) is 0. The molecule has 90 valence electrons. The van der Waals surface area contributed by atoms with E-state index in [0.29, 0.717) is 11.3 Å². The van der Waals surface area contributed by atoms with Gasteiger partial charge < -0.3 is 5.11 Å². The van der Waals surface area contributed by atoms with Crippen molar-refractivity contribution in [3.05, 3.63) is 35.4 Å². The minimum atomic E-state index is -4.32. The molecule has 0 aromatic heterocycles. The molecule has 0 saturated carbocycles. The first-order chi connectivity index (χ1) is 7.43. The highest BCUT2D eigenvalue weighted by Crippen LogP contribution is 2.29. The Labute approximate surface area is 96.7 Å². The molecular weight excluding hydrogens is 237 g/mol. The zero-order valence-electron chi connectivity index (χ0n) is 8.79. The van der Waals surface area contributed by atoms with E-state index in [1.807, 2.05) is 6.26 Å². The van der Waals surface area contributed by atoms with Crippen molar-refractivity contribution in [3.8, 4) is 0 Å². The lowest BCUT2D eigenvalue weighted by Gasteiger charge is -2.11. The van der Waals surface area contributed by atoms with Gasteiger partial charge in [0, 0.05) is 5.75 Å². The van der Waals surface area contributed by atoms with Gasteiger partial charge in [-0.05, 0) is 24.3 Å². The van der Waals surface area contributed by atoms with E-state index in [1.54, 1.807) is 6.07 Å². The molecule has 1 unspecified atom stereocenters. The molecule has 1 rings (SSSR count). The van der Waals surface area contributed by atoms with Gasteiger partial charge in [-0.25, -0.2) is 0 Å². The first-order valence-corrected chi connectivity index (χ1v) is 6.16. The van der Waals surface area contributed by atoms with Gasteiger partial charge in [0.05, 0.1) is 11.7 Å². The second-order valence-corrected chi connectivity index (χ2v) is 4.42. The van der Waals surface area contributed by atoms with Gasteiger partial charge in [-0.1, -0.05) is 18.2 Å². The first-order valence-electron chi connectivity index (χ1n) is 4.76. The number of aliphatic hydroxyl groups excluding tert-OH is 1. The molecule has 0 amide bonds. The summed E-state index contributed by atoms with van der Waals surface area (Å²) >= 11 is 1.47. The lowest BCUT2D eigenvalue weighted by atomic mass is 10.1. The summed E-state index contributed by atoms with van der Waals surface area (Å²) in [6.07, 6.45) is -2.82. The second-order valence-electron chi connectivity index (χ2n) is 3.51. The molecule has 5 heteroatoms. The van der Waals surface area contributed by atoms with Crippen LogP contribution in [0.3, 0.4) is 0 Å². The zero-order valence-corrected chi connectivity index (χ0v) is 9.61. The minimum absolute atomic E-state index is 0.255. The average Bonchev–Trinajstić information content (AvgIpc) is 2.17. The maximum absolute atomic E-state index is 12.4. The van der Waals surface area contributed by atoms with Crippen molar-refractivity contribution in [1.29, 1.82) is 0 Å². The highest BCUT2D eigenvalue weighted by molar-refractivity contribution is 7.98. The maximum atomic E-state index is 12.4. The van der Waals surface area contributed by atoms with Gasteiger partial charge in [0.1, 0.15) is 0 Å². The fourth-order valence-corrected chi connectivity index (χ4v) is 1.90. The van der Waals surface area contributed by atoms with Crippen LogP contribution in [0.5, 0.6) is 0 Å². The molecule has 0 bridgehead atoms. The number of hydrogen-bond donors (Lipinski definition) is 1. The molecule has 1 N–H and O–H groups in total. The molecule has 1 atom stereocenters. The molecule has 0 aliphatic heterocycles. The highest BCUT2D eigenvalue weighted by atomic mass is 32.2. The van der Waals surface area contributed by atoms with E-state index in [2.05, 4.69) is 0 Å². The average molecular weight is 250 g/mol. The number of hydrogen-bond acceptors (Lipinski definition) is 2. The largest absolute Gasteiger partial charge is 0.416 e. The van der Waals surface area contributed by atoms with Gasteiger partial charge in [0.2, 0.25) is 0 Å². The minimum Gasteiger partial charge on any atom is -0.392 e. The van der Waals surface area contributed by atoms with E-state index in [9.17, 15) is 18.3 Å². The maximum Gasteiger partial charge on any atom is 0.416 e. The Hall–Kier alpha value is -0.680. The summed E-state index contributed by atoms with van der Waals surface area (Å²) in [7, 11) is 0. The quantitative estimate of drug-likeness (QED) is 0.886. The standard InChI is InChI=1S/C11H13F3OS/c1-16-7-10(15)6-8-3-2-4-9(5-8)11(12,13)14/h2-5,10,15H,6-7H2,1H3. The highest BCUT2D eigenvalue weighted by Gasteiger charge is 2.30. The second kappa shape index (κ2) is 5.59. The summed E-state index contributed by atoms with van der Waals surface area (Å²) in [5, 5.41) is 9.49. The number of halogens is 3. The van der Waals surface area contributed by atoms with E-state index in [0.717, 1.165) is 12.1 Å². The van der Waals surface area contributed by atoms with Crippen LogP contribution in [0, 0.1) is 0 Å². The summed E-state index contributed by atoms with van der Waals surface area (Å²) in [4.78, 5) is 0. The van der Waals surface area contributed by atoms with Gasteiger partial charge >= 0.3 is 6.18 Å². The Bertz CT molecular complexity index is 338. The molecular formula is C11H13F3OS. The van der Waals surface area contributed by atoms with Gasteiger partial charge in [-0.2, -0.15) is 24.9 Å². The summed E-state index contributed by atoms with van der Waals surface area (Å²) < 4.78 is 37.2. The molecule has 0 spiro atoms. The van der Waals surface area contributed by atoms with E-state index >= 15 is 0 Å². The van der Waals surface area contributed by atoms with Crippen molar-refractivity contribution in [2.45, 2.75) is 18.7 Å². The molecule has 1 nitrogen and oxygen atoms in total. The predicted octanol–water partition coefficient (Wildman–Crippen LogP) is 2.97. The third-order valence-corrected chi connectivity index (χ3v) is 2.80. The van der Waals surface area contributed by atoms with E-state index in [4.69, 9.17) is 0 Å². The van der Waals surface area contributed by atoms with Crippen molar-refractivity contribution in [3.63, 3.8) is 0 Å². The van der Waals surface area contributed by atoms with Crippen LogP contribution in [0.2, 0.25) is 0 Å². The molecule has 0 fully saturated rings. The Balaban J connectivity index is 2.75. The summed E-state index contributed by atoms with van der Waals surface area (Å²) in [5.74, 6) is 0.524. The molecule has 0 aliphatic carbocycles. The van der Waals surface area contributed by atoms with E-state index < -0.39 is 17.8 Å². The predicted molar refractivity (Wildman–Crippen MR) is 59.5 cm³/mol. The summed E-state index contributed by atoms with van der Waals surface area (Å²) in [5.41, 5.74) is -0.155. The number of rotatable bonds is 4. The van der Waals surface area contributed by atoms with E-state index in [-0.39, 0.29) is 6.42 Å². The molecule has 1 aromatic rings. The van der Waals surface area contributed by atoms with Crippen LogP contribution in [-0.4, -0.2) is 23.2 Å². The van der Waals surface area contributed by atoms with E-state index in [1.165, 1.54) is 17.8 Å². The molecule has 0 heterocycles. The lowest BCUT2D eigenvalue weighted by molar-refractivity contribution is -0.137. The fourth-order valence-electron chi connectivity index (χ4n) is 1.40. The molecule has 1 aromatic carbocycles. The van der Waals surface area contributed by atoms with Crippen molar-refractivity contribution < 1.29 is 18.3 Å². The number of aliphatic hydroxyl groups is 1.